The minimum absolute atomic E-state index is 0.0815. The number of carbonyl (C=O) groups is 2. The Morgan fingerprint density at radius 2 is 1.72 bits per heavy atom. The van der Waals surface area contributed by atoms with Gasteiger partial charge >= 0.3 is 0 Å². The van der Waals surface area contributed by atoms with E-state index in [0.717, 1.165) is 18.8 Å². The third-order valence-electron chi connectivity index (χ3n) is 4.35. The zero-order valence-electron chi connectivity index (χ0n) is 14.0. The van der Waals surface area contributed by atoms with Crippen molar-refractivity contribution in [3.63, 3.8) is 0 Å². The number of hydrogen-bond donors (Lipinski definition) is 1. The number of carbonyl (C=O) groups excluding carboxylic acids is 2. The average Bonchev–Trinajstić information content (AvgIpc) is 3.15. The molecule has 1 aliphatic rings. The van der Waals surface area contributed by atoms with Crippen molar-refractivity contribution in [3.05, 3.63) is 59.1 Å². The van der Waals surface area contributed by atoms with Gasteiger partial charge in [-0.3, -0.25) is 9.59 Å². The van der Waals surface area contributed by atoms with Crippen LogP contribution in [0, 0.1) is 0 Å². The van der Waals surface area contributed by atoms with Crippen LogP contribution in [0.1, 0.15) is 36.0 Å². The van der Waals surface area contributed by atoms with Crippen LogP contribution in [0.2, 0.25) is 5.02 Å². The van der Waals surface area contributed by atoms with E-state index in [1.807, 2.05) is 24.3 Å². The summed E-state index contributed by atoms with van der Waals surface area (Å²) in [5.74, 6) is -0.244. The van der Waals surface area contributed by atoms with Gasteiger partial charge in [0.2, 0.25) is 5.91 Å². The van der Waals surface area contributed by atoms with Crippen LogP contribution in [0.5, 0.6) is 0 Å². The molecule has 2 aromatic carbocycles. The van der Waals surface area contributed by atoms with E-state index in [-0.39, 0.29) is 24.5 Å². The van der Waals surface area contributed by atoms with Gasteiger partial charge in [0.15, 0.2) is 5.78 Å². The molecule has 1 N–H and O–H groups in total. The highest BCUT2D eigenvalue weighted by Gasteiger charge is 2.13. The third kappa shape index (κ3) is 4.83. The van der Waals surface area contributed by atoms with Gasteiger partial charge in [-0.25, -0.2) is 0 Å². The Balaban J connectivity index is 1.49. The Morgan fingerprint density at radius 1 is 1.00 bits per heavy atom. The van der Waals surface area contributed by atoms with Gasteiger partial charge in [0.05, 0.1) is 0 Å². The van der Waals surface area contributed by atoms with Crippen LogP contribution in [0.25, 0.3) is 0 Å². The van der Waals surface area contributed by atoms with E-state index in [4.69, 9.17) is 11.6 Å². The molecule has 25 heavy (non-hydrogen) atoms. The molecule has 3 rings (SSSR count). The summed E-state index contributed by atoms with van der Waals surface area (Å²) in [6.45, 7) is 2.19. The minimum atomic E-state index is -0.163. The molecule has 0 spiro atoms. The van der Waals surface area contributed by atoms with Crippen molar-refractivity contribution in [3.8, 4) is 0 Å². The van der Waals surface area contributed by atoms with E-state index in [0.29, 0.717) is 10.6 Å². The Bertz CT molecular complexity index is 753. The van der Waals surface area contributed by atoms with E-state index < -0.39 is 0 Å². The minimum Gasteiger partial charge on any atom is -0.372 e. The Labute approximate surface area is 152 Å². The van der Waals surface area contributed by atoms with Gasteiger partial charge in [-0.15, -0.1) is 0 Å². The molecule has 130 valence electrons. The van der Waals surface area contributed by atoms with Gasteiger partial charge in [0.25, 0.3) is 0 Å². The summed E-state index contributed by atoms with van der Waals surface area (Å²) in [4.78, 5) is 26.5. The maximum Gasteiger partial charge on any atom is 0.224 e. The molecule has 5 heteroatoms. The Morgan fingerprint density at radius 3 is 2.40 bits per heavy atom. The lowest BCUT2D eigenvalue weighted by atomic mass is 10.1. The Kier molecular flexibility index (Phi) is 5.71. The smallest absolute Gasteiger partial charge is 0.224 e. The van der Waals surface area contributed by atoms with Gasteiger partial charge in [-0.05, 0) is 49.2 Å². The zero-order valence-corrected chi connectivity index (χ0v) is 14.8. The molecule has 1 saturated heterocycles. The van der Waals surface area contributed by atoms with Crippen LogP contribution >= 0.6 is 11.6 Å². The second kappa shape index (κ2) is 8.17. The molecule has 1 heterocycles. The van der Waals surface area contributed by atoms with E-state index in [2.05, 4.69) is 10.2 Å². The number of nitrogens with one attached hydrogen (secondary N) is 1. The summed E-state index contributed by atoms with van der Waals surface area (Å²) in [5.41, 5.74) is 2.48. The first kappa shape index (κ1) is 17.5. The van der Waals surface area contributed by atoms with Gasteiger partial charge in [-0.2, -0.15) is 0 Å². The number of anilines is 2. The summed E-state index contributed by atoms with van der Waals surface area (Å²) in [5, 5.41) is 3.36. The second-order valence-electron chi connectivity index (χ2n) is 6.22. The predicted molar refractivity (Wildman–Crippen MR) is 102 cm³/mol. The number of benzene rings is 2. The molecular formula is C20H21ClN2O2. The van der Waals surface area contributed by atoms with Crippen molar-refractivity contribution in [2.45, 2.75) is 25.7 Å². The Hall–Kier alpha value is -2.33. The van der Waals surface area contributed by atoms with Crippen molar-refractivity contribution in [2.75, 3.05) is 23.3 Å². The summed E-state index contributed by atoms with van der Waals surface area (Å²) in [7, 11) is 0. The normalized spacial score (nSPS) is 13.7. The molecule has 0 aromatic heterocycles. The number of Topliss-reactive ketones (excluding diaryl/α,β-unsaturated/α-hetero) is 1. The highest BCUT2D eigenvalue weighted by Crippen LogP contribution is 2.22. The van der Waals surface area contributed by atoms with E-state index in [1.165, 1.54) is 18.5 Å². The predicted octanol–water partition coefficient (Wildman–Crippen LogP) is 4.54. The van der Waals surface area contributed by atoms with Crippen LogP contribution in [-0.4, -0.2) is 24.8 Å². The lowest BCUT2D eigenvalue weighted by molar-refractivity contribution is -0.116. The van der Waals surface area contributed by atoms with Crippen molar-refractivity contribution < 1.29 is 9.59 Å². The molecule has 2 aromatic rings. The number of ketones is 1. The molecule has 1 aliphatic heterocycles. The fourth-order valence-electron chi connectivity index (χ4n) is 2.99. The lowest BCUT2D eigenvalue weighted by Gasteiger charge is -2.17. The average molecular weight is 357 g/mol. The maximum absolute atomic E-state index is 12.1. The molecule has 1 fully saturated rings. The zero-order chi connectivity index (χ0) is 17.6. The van der Waals surface area contributed by atoms with E-state index >= 15 is 0 Å². The number of nitrogens with zero attached hydrogens (tertiary/aromatic N) is 1. The van der Waals surface area contributed by atoms with Crippen LogP contribution in [0.15, 0.2) is 48.5 Å². The summed E-state index contributed by atoms with van der Waals surface area (Å²) in [6, 6.07) is 14.7. The number of amides is 1. The van der Waals surface area contributed by atoms with Crippen molar-refractivity contribution in [1.82, 2.24) is 0 Å². The number of hydrogen-bond acceptors (Lipinski definition) is 3. The molecule has 0 aliphatic carbocycles. The molecule has 0 radical (unpaired) electrons. The van der Waals surface area contributed by atoms with Crippen LogP contribution in [0.4, 0.5) is 11.4 Å². The monoisotopic (exact) mass is 356 g/mol. The van der Waals surface area contributed by atoms with Crippen LogP contribution in [-0.2, 0) is 4.79 Å². The van der Waals surface area contributed by atoms with Crippen molar-refractivity contribution in [1.29, 1.82) is 0 Å². The first-order valence-corrected chi connectivity index (χ1v) is 8.93. The molecule has 0 atom stereocenters. The third-order valence-corrected chi connectivity index (χ3v) is 4.58. The fraction of sp³-hybridized carbons (Fsp3) is 0.300. The first-order chi connectivity index (χ1) is 12.1. The molecule has 0 saturated carbocycles. The molecule has 4 nitrogen and oxygen atoms in total. The van der Waals surface area contributed by atoms with Crippen molar-refractivity contribution in [2.24, 2.45) is 0 Å². The highest BCUT2D eigenvalue weighted by atomic mass is 35.5. The lowest BCUT2D eigenvalue weighted by Crippen LogP contribution is -2.17. The number of halogens is 1. The van der Waals surface area contributed by atoms with Gasteiger partial charge in [0.1, 0.15) is 0 Å². The van der Waals surface area contributed by atoms with E-state index in [9.17, 15) is 9.59 Å². The van der Waals surface area contributed by atoms with Crippen LogP contribution < -0.4 is 10.2 Å². The number of rotatable bonds is 6. The summed E-state index contributed by atoms with van der Waals surface area (Å²) >= 11 is 5.88. The quantitative estimate of drug-likeness (QED) is 0.773. The van der Waals surface area contributed by atoms with Crippen LogP contribution in [0.3, 0.4) is 0 Å². The van der Waals surface area contributed by atoms with Crippen molar-refractivity contribution >= 4 is 34.7 Å². The molecule has 1 amide bonds. The van der Waals surface area contributed by atoms with Gasteiger partial charge < -0.3 is 10.2 Å². The molecule has 0 bridgehead atoms. The summed E-state index contributed by atoms with van der Waals surface area (Å²) in [6.07, 6.45) is 2.79. The topological polar surface area (TPSA) is 49.4 Å². The van der Waals surface area contributed by atoms with E-state index in [1.54, 1.807) is 24.3 Å². The highest BCUT2D eigenvalue weighted by molar-refractivity contribution is 6.31. The standard InChI is InChI=1S/C20H21ClN2O2/c21-16-5-3-4-15(14-16)19(24)10-11-20(25)22-17-6-8-18(9-7-17)23-12-1-2-13-23/h3-9,14H,1-2,10-13H2,(H,22,25). The van der Waals surface area contributed by atoms with Gasteiger partial charge in [-0.1, -0.05) is 23.7 Å². The SMILES string of the molecule is O=C(CCC(=O)c1cccc(Cl)c1)Nc1ccc(N2CCCC2)cc1. The fourth-order valence-corrected chi connectivity index (χ4v) is 3.18. The largest absolute Gasteiger partial charge is 0.372 e. The summed E-state index contributed by atoms with van der Waals surface area (Å²) < 4.78 is 0. The first-order valence-electron chi connectivity index (χ1n) is 8.55. The maximum atomic E-state index is 12.1. The molecule has 0 unspecified atom stereocenters. The molecular weight excluding hydrogens is 336 g/mol. The van der Waals surface area contributed by atoms with Gasteiger partial charge in [0, 0.05) is 47.9 Å². The second-order valence-corrected chi connectivity index (χ2v) is 6.66.